The number of halogens is 1. The number of hydrogen-bond donors (Lipinski definition) is 1. The van der Waals surface area contributed by atoms with Crippen molar-refractivity contribution in [3.05, 3.63) is 32.3 Å². The van der Waals surface area contributed by atoms with Crippen molar-refractivity contribution in [1.29, 1.82) is 0 Å². The summed E-state index contributed by atoms with van der Waals surface area (Å²) < 4.78 is 0.778. The van der Waals surface area contributed by atoms with Gasteiger partial charge in [-0.05, 0) is 41.3 Å². The molecule has 0 unspecified atom stereocenters. The second kappa shape index (κ2) is 5.69. The summed E-state index contributed by atoms with van der Waals surface area (Å²) in [6.07, 6.45) is 6.22. The Hall–Kier alpha value is -1.10. The van der Waals surface area contributed by atoms with Gasteiger partial charge >= 0.3 is 0 Å². The summed E-state index contributed by atoms with van der Waals surface area (Å²) >= 11 is 3.43. The Morgan fingerprint density at radius 1 is 1.33 bits per heavy atom. The predicted octanol–water partition coefficient (Wildman–Crippen LogP) is 4.41. The highest BCUT2D eigenvalue weighted by atomic mass is 79.9. The van der Waals surface area contributed by atoms with E-state index < -0.39 is 0 Å². The van der Waals surface area contributed by atoms with E-state index in [1.165, 1.54) is 32.1 Å². The number of non-ortho nitro benzene ring substituents is 1. The largest absolute Gasteiger partial charge is 0.381 e. The number of benzene rings is 1. The third-order valence-electron chi connectivity index (χ3n) is 3.44. The van der Waals surface area contributed by atoms with E-state index in [1.54, 1.807) is 12.1 Å². The van der Waals surface area contributed by atoms with Crippen LogP contribution in [0, 0.1) is 17.0 Å². The topological polar surface area (TPSA) is 55.2 Å². The van der Waals surface area contributed by atoms with Gasteiger partial charge in [-0.25, -0.2) is 0 Å². The monoisotopic (exact) mass is 312 g/mol. The number of nitrogens with zero attached hydrogens (tertiary/aromatic N) is 1. The van der Waals surface area contributed by atoms with E-state index in [1.807, 2.05) is 6.92 Å². The molecular formula is C13H17BrN2O2. The van der Waals surface area contributed by atoms with Crippen molar-refractivity contribution in [3.8, 4) is 0 Å². The number of anilines is 1. The molecular weight excluding hydrogens is 296 g/mol. The molecule has 0 spiro atoms. The molecule has 0 amide bonds. The number of hydrogen-bond acceptors (Lipinski definition) is 3. The lowest BCUT2D eigenvalue weighted by Gasteiger charge is -2.25. The first-order chi connectivity index (χ1) is 8.58. The molecule has 1 fully saturated rings. The van der Waals surface area contributed by atoms with E-state index in [2.05, 4.69) is 21.2 Å². The molecule has 18 heavy (non-hydrogen) atoms. The lowest BCUT2D eigenvalue weighted by atomic mass is 9.95. The summed E-state index contributed by atoms with van der Waals surface area (Å²) in [6, 6.07) is 3.68. The van der Waals surface area contributed by atoms with Gasteiger partial charge in [0.2, 0.25) is 0 Å². The summed E-state index contributed by atoms with van der Waals surface area (Å²) in [5.41, 5.74) is 2.04. The van der Waals surface area contributed by atoms with E-state index in [0.29, 0.717) is 6.04 Å². The predicted molar refractivity (Wildman–Crippen MR) is 76.0 cm³/mol. The molecule has 0 bridgehead atoms. The van der Waals surface area contributed by atoms with Crippen LogP contribution in [0.4, 0.5) is 11.4 Å². The normalized spacial score (nSPS) is 16.6. The van der Waals surface area contributed by atoms with E-state index in [9.17, 15) is 10.1 Å². The molecule has 4 nitrogen and oxygen atoms in total. The van der Waals surface area contributed by atoms with Crippen LogP contribution in [0.1, 0.15) is 37.7 Å². The maximum atomic E-state index is 10.8. The molecule has 0 radical (unpaired) electrons. The van der Waals surface area contributed by atoms with Gasteiger partial charge in [-0.1, -0.05) is 19.3 Å². The minimum Gasteiger partial charge on any atom is -0.381 e. The number of nitrogens with one attached hydrogen (secondary N) is 1. The van der Waals surface area contributed by atoms with Crippen LogP contribution >= 0.6 is 15.9 Å². The van der Waals surface area contributed by atoms with Crippen LogP contribution in [0.5, 0.6) is 0 Å². The fraction of sp³-hybridized carbons (Fsp3) is 0.538. The number of aryl methyl sites for hydroxylation is 1. The van der Waals surface area contributed by atoms with Gasteiger partial charge < -0.3 is 5.32 Å². The smallest absolute Gasteiger partial charge is 0.270 e. The first-order valence-electron chi connectivity index (χ1n) is 6.29. The average Bonchev–Trinajstić information content (AvgIpc) is 2.34. The summed E-state index contributed by atoms with van der Waals surface area (Å²) in [7, 11) is 0. The van der Waals surface area contributed by atoms with Gasteiger partial charge in [0.05, 0.1) is 10.6 Å². The first kappa shape index (κ1) is 13.3. The highest BCUT2D eigenvalue weighted by Gasteiger charge is 2.17. The minimum absolute atomic E-state index is 0.133. The second-order valence-electron chi connectivity index (χ2n) is 4.86. The molecule has 0 atom stereocenters. The van der Waals surface area contributed by atoms with Crippen LogP contribution in [0.3, 0.4) is 0 Å². The standard InChI is InChI=1S/C13H17BrN2O2/c1-9-7-11(16(17)18)8-12(14)13(9)15-10-5-3-2-4-6-10/h7-8,10,15H,2-6H2,1H3. The zero-order valence-electron chi connectivity index (χ0n) is 10.4. The summed E-state index contributed by atoms with van der Waals surface area (Å²) in [5, 5.41) is 14.3. The van der Waals surface area contributed by atoms with Crippen molar-refractivity contribution < 1.29 is 4.92 Å². The second-order valence-corrected chi connectivity index (χ2v) is 5.71. The molecule has 2 rings (SSSR count). The van der Waals surface area contributed by atoms with Gasteiger partial charge in [0, 0.05) is 22.6 Å². The van der Waals surface area contributed by atoms with Gasteiger partial charge in [0.25, 0.3) is 5.69 Å². The molecule has 1 saturated carbocycles. The third-order valence-corrected chi connectivity index (χ3v) is 4.06. The number of rotatable bonds is 3. The van der Waals surface area contributed by atoms with Crippen molar-refractivity contribution in [3.63, 3.8) is 0 Å². The molecule has 0 aromatic heterocycles. The summed E-state index contributed by atoms with van der Waals surface area (Å²) in [6.45, 7) is 1.91. The van der Waals surface area contributed by atoms with Crippen molar-refractivity contribution in [1.82, 2.24) is 0 Å². The van der Waals surface area contributed by atoms with E-state index >= 15 is 0 Å². The molecule has 1 aliphatic carbocycles. The van der Waals surface area contributed by atoms with E-state index in [-0.39, 0.29) is 10.6 Å². The number of nitro groups is 1. The Bertz CT molecular complexity index is 433. The van der Waals surface area contributed by atoms with Crippen LogP contribution < -0.4 is 5.32 Å². The maximum absolute atomic E-state index is 10.8. The summed E-state index contributed by atoms with van der Waals surface area (Å²) in [5.74, 6) is 0. The molecule has 0 aliphatic heterocycles. The van der Waals surface area contributed by atoms with Crippen molar-refractivity contribution >= 4 is 27.3 Å². The molecule has 5 heteroatoms. The van der Waals surface area contributed by atoms with E-state index in [4.69, 9.17) is 0 Å². The quantitative estimate of drug-likeness (QED) is 0.664. The Morgan fingerprint density at radius 2 is 2.00 bits per heavy atom. The van der Waals surface area contributed by atoms with Crippen LogP contribution in [0.2, 0.25) is 0 Å². The van der Waals surface area contributed by atoms with Crippen molar-refractivity contribution in [2.45, 2.75) is 45.1 Å². The first-order valence-corrected chi connectivity index (χ1v) is 7.08. The van der Waals surface area contributed by atoms with Crippen LogP contribution in [-0.2, 0) is 0 Å². The third kappa shape index (κ3) is 3.02. The van der Waals surface area contributed by atoms with Gasteiger partial charge in [0.15, 0.2) is 0 Å². The maximum Gasteiger partial charge on any atom is 0.270 e. The zero-order chi connectivity index (χ0) is 13.1. The lowest BCUT2D eigenvalue weighted by molar-refractivity contribution is -0.385. The highest BCUT2D eigenvalue weighted by Crippen LogP contribution is 2.33. The summed E-state index contributed by atoms with van der Waals surface area (Å²) in [4.78, 5) is 10.4. The van der Waals surface area contributed by atoms with Gasteiger partial charge in [-0.15, -0.1) is 0 Å². The van der Waals surface area contributed by atoms with Crippen LogP contribution in [-0.4, -0.2) is 11.0 Å². The molecule has 0 saturated heterocycles. The SMILES string of the molecule is Cc1cc([N+](=O)[O-])cc(Br)c1NC1CCCCC1. The Labute approximate surface area is 115 Å². The number of nitro benzene ring substituents is 1. The minimum atomic E-state index is -0.359. The Balaban J connectivity index is 2.19. The average molecular weight is 313 g/mol. The molecule has 1 aliphatic rings. The lowest BCUT2D eigenvalue weighted by Crippen LogP contribution is -2.22. The molecule has 1 aromatic rings. The zero-order valence-corrected chi connectivity index (χ0v) is 12.0. The Kier molecular flexibility index (Phi) is 4.22. The van der Waals surface area contributed by atoms with Crippen LogP contribution in [0.25, 0.3) is 0 Å². The van der Waals surface area contributed by atoms with Gasteiger partial charge in [0.1, 0.15) is 0 Å². The Morgan fingerprint density at radius 3 is 2.56 bits per heavy atom. The molecule has 98 valence electrons. The highest BCUT2D eigenvalue weighted by molar-refractivity contribution is 9.10. The fourth-order valence-corrected chi connectivity index (χ4v) is 3.13. The van der Waals surface area contributed by atoms with Gasteiger partial charge in [-0.3, -0.25) is 10.1 Å². The van der Waals surface area contributed by atoms with Crippen molar-refractivity contribution in [2.24, 2.45) is 0 Å². The van der Waals surface area contributed by atoms with E-state index in [0.717, 1.165) is 15.7 Å². The molecule has 0 heterocycles. The van der Waals surface area contributed by atoms with Crippen LogP contribution in [0.15, 0.2) is 16.6 Å². The molecule has 1 N–H and O–H groups in total. The van der Waals surface area contributed by atoms with Gasteiger partial charge in [-0.2, -0.15) is 0 Å². The van der Waals surface area contributed by atoms with Crippen molar-refractivity contribution in [2.75, 3.05) is 5.32 Å². The molecule has 1 aromatic carbocycles. The fourth-order valence-electron chi connectivity index (χ4n) is 2.47.